The Labute approximate surface area is 177 Å². The second-order valence-corrected chi connectivity index (χ2v) is 8.93. The van der Waals surface area contributed by atoms with Crippen LogP contribution in [0, 0.1) is 13.8 Å². The van der Waals surface area contributed by atoms with Gasteiger partial charge < -0.3 is 10.1 Å². The van der Waals surface area contributed by atoms with Gasteiger partial charge in [-0.05, 0) is 44.4 Å². The lowest BCUT2D eigenvalue weighted by molar-refractivity contribution is -0.122. The van der Waals surface area contributed by atoms with Crippen molar-refractivity contribution >= 4 is 27.5 Å². The molecule has 0 unspecified atom stereocenters. The van der Waals surface area contributed by atoms with Crippen molar-refractivity contribution in [2.24, 2.45) is 0 Å². The molecule has 1 fully saturated rings. The van der Waals surface area contributed by atoms with Crippen LogP contribution in [0.1, 0.15) is 36.1 Å². The number of rotatable bonds is 5. The maximum Gasteiger partial charge on any atom is 0.337 e. The van der Waals surface area contributed by atoms with Gasteiger partial charge in [-0.15, -0.1) is 11.3 Å². The number of benzene rings is 1. The molecule has 7 nitrogen and oxygen atoms in total. The van der Waals surface area contributed by atoms with Crippen LogP contribution in [0.4, 0.5) is 0 Å². The highest BCUT2D eigenvalue weighted by molar-refractivity contribution is 7.18. The van der Waals surface area contributed by atoms with E-state index in [0.29, 0.717) is 21.7 Å². The minimum atomic E-state index is -0.524. The van der Waals surface area contributed by atoms with Gasteiger partial charge in [-0.2, -0.15) is 0 Å². The molecule has 4 rings (SSSR count). The minimum absolute atomic E-state index is 0.116. The Morgan fingerprint density at radius 1 is 1.23 bits per heavy atom. The molecule has 1 aromatic carbocycles. The van der Waals surface area contributed by atoms with E-state index in [1.54, 1.807) is 24.3 Å². The molecule has 1 amide bonds. The normalized spacial score (nSPS) is 14.4. The van der Waals surface area contributed by atoms with Gasteiger partial charge in [-0.1, -0.05) is 18.9 Å². The fourth-order valence-electron chi connectivity index (χ4n) is 4.06. The monoisotopic (exact) mass is 427 g/mol. The molecular weight excluding hydrogens is 402 g/mol. The number of aryl methyl sites for hydroxylation is 2. The van der Waals surface area contributed by atoms with Crippen LogP contribution in [0.5, 0.6) is 5.75 Å². The fourth-order valence-corrected chi connectivity index (χ4v) is 5.20. The van der Waals surface area contributed by atoms with Gasteiger partial charge in [0.2, 0.25) is 5.91 Å². The van der Waals surface area contributed by atoms with Crippen molar-refractivity contribution < 1.29 is 9.53 Å². The van der Waals surface area contributed by atoms with Gasteiger partial charge in [0.25, 0.3) is 5.56 Å². The van der Waals surface area contributed by atoms with Gasteiger partial charge in [0, 0.05) is 17.0 Å². The quantitative estimate of drug-likeness (QED) is 0.679. The summed E-state index contributed by atoms with van der Waals surface area (Å²) in [5.74, 6) is 0.340. The Morgan fingerprint density at radius 2 is 1.97 bits per heavy atom. The van der Waals surface area contributed by atoms with Gasteiger partial charge in [0.15, 0.2) is 0 Å². The summed E-state index contributed by atoms with van der Waals surface area (Å²) in [4.78, 5) is 40.9. The number of carbonyl (C=O) groups is 1. The number of nitrogens with zero attached hydrogens (tertiary/aromatic N) is 2. The third kappa shape index (κ3) is 3.56. The molecule has 0 atom stereocenters. The summed E-state index contributed by atoms with van der Waals surface area (Å²) in [7, 11) is 1.53. The van der Waals surface area contributed by atoms with Crippen LogP contribution in [0.15, 0.2) is 33.9 Å². The molecule has 8 heteroatoms. The highest BCUT2D eigenvalue weighted by Gasteiger charge is 2.23. The fraction of sp³-hybridized carbons (Fsp3) is 0.409. The molecule has 0 radical (unpaired) electrons. The predicted octanol–water partition coefficient (Wildman–Crippen LogP) is 2.90. The van der Waals surface area contributed by atoms with E-state index in [4.69, 9.17) is 4.74 Å². The molecule has 1 N–H and O–H groups in total. The lowest BCUT2D eigenvalue weighted by atomic mass is 10.2. The summed E-state index contributed by atoms with van der Waals surface area (Å²) in [6.45, 7) is 3.68. The largest absolute Gasteiger partial charge is 0.497 e. The van der Waals surface area contributed by atoms with Crippen LogP contribution in [0.2, 0.25) is 0 Å². The number of carbonyl (C=O) groups excluding carboxylic acids is 1. The van der Waals surface area contributed by atoms with Crippen molar-refractivity contribution in [3.05, 3.63) is 55.5 Å². The van der Waals surface area contributed by atoms with Crippen molar-refractivity contribution in [1.29, 1.82) is 0 Å². The molecule has 2 aromatic heterocycles. The van der Waals surface area contributed by atoms with Crippen LogP contribution in [-0.4, -0.2) is 28.2 Å². The maximum atomic E-state index is 13.4. The van der Waals surface area contributed by atoms with E-state index in [0.717, 1.165) is 40.7 Å². The van der Waals surface area contributed by atoms with Gasteiger partial charge in [0.1, 0.15) is 17.1 Å². The van der Waals surface area contributed by atoms with E-state index in [9.17, 15) is 14.4 Å². The van der Waals surface area contributed by atoms with E-state index in [-0.39, 0.29) is 24.1 Å². The van der Waals surface area contributed by atoms with Crippen LogP contribution in [-0.2, 0) is 11.3 Å². The first-order valence-electron chi connectivity index (χ1n) is 10.1. The summed E-state index contributed by atoms with van der Waals surface area (Å²) in [6.07, 6.45) is 4.16. The lowest BCUT2D eigenvalue weighted by Gasteiger charge is -2.15. The number of thiophene rings is 1. The van der Waals surface area contributed by atoms with Crippen molar-refractivity contribution in [2.75, 3.05) is 7.11 Å². The Kier molecular flexibility index (Phi) is 5.51. The molecule has 2 heterocycles. The highest BCUT2D eigenvalue weighted by atomic mass is 32.1. The van der Waals surface area contributed by atoms with Gasteiger partial charge in [-0.3, -0.25) is 14.2 Å². The lowest BCUT2D eigenvalue weighted by Crippen LogP contribution is -2.43. The van der Waals surface area contributed by atoms with Gasteiger partial charge in [0.05, 0.1) is 18.2 Å². The van der Waals surface area contributed by atoms with Crippen LogP contribution in [0.3, 0.4) is 0 Å². The van der Waals surface area contributed by atoms with Gasteiger partial charge >= 0.3 is 5.69 Å². The van der Waals surface area contributed by atoms with Crippen molar-refractivity contribution in [3.63, 3.8) is 0 Å². The number of ether oxygens (including phenoxy) is 1. The summed E-state index contributed by atoms with van der Waals surface area (Å²) in [5.41, 5.74) is 0.349. The van der Waals surface area contributed by atoms with E-state index >= 15 is 0 Å². The smallest absolute Gasteiger partial charge is 0.337 e. The Morgan fingerprint density at radius 3 is 2.67 bits per heavy atom. The zero-order valence-electron chi connectivity index (χ0n) is 17.4. The Hall–Kier alpha value is -2.87. The molecular formula is C22H25N3O4S. The van der Waals surface area contributed by atoms with E-state index < -0.39 is 5.69 Å². The predicted molar refractivity (Wildman–Crippen MR) is 118 cm³/mol. The standard InChI is InChI=1S/C22H25N3O4S/c1-13-14(2)30-21-19(13)20(27)25(16-9-6-10-17(11-16)29-3)22(28)24(21)12-18(26)23-15-7-4-5-8-15/h6,9-11,15H,4-5,7-8,12H2,1-3H3,(H,23,26). The number of nitrogens with one attached hydrogen (secondary N) is 1. The molecule has 30 heavy (non-hydrogen) atoms. The second kappa shape index (κ2) is 8.10. The van der Waals surface area contributed by atoms with Crippen LogP contribution >= 0.6 is 11.3 Å². The summed E-state index contributed by atoms with van der Waals surface area (Å²) in [6, 6.07) is 6.98. The third-order valence-corrected chi connectivity index (χ3v) is 7.01. The average Bonchev–Trinajstić information content (AvgIpc) is 3.33. The molecule has 158 valence electrons. The van der Waals surface area contributed by atoms with Crippen LogP contribution in [0.25, 0.3) is 15.9 Å². The summed E-state index contributed by atoms with van der Waals surface area (Å²) in [5, 5.41) is 3.51. The van der Waals surface area contributed by atoms with Crippen molar-refractivity contribution in [2.45, 2.75) is 52.1 Å². The Bertz CT molecular complexity index is 1230. The number of fused-ring (bicyclic) bond motifs is 1. The molecule has 0 aliphatic heterocycles. The summed E-state index contributed by atoms with van der Waals surface area (Å²) < 4.78 is 7.81. The molecule has 1 aliphatic rings. The summed E-state index contributed by atoms with van der Waals surface area (Å²) >= 11 is 1.37. The number of aromatic nitrogens is 2. The SMILES string of the molecule is COc1cccc(-n2c(=O)c3c(C)c(C)sc3n(CC(=O)NC3CCCC3)c2=O)c1. The molecule has 3 aromatic rings. The number of amides is 1. The maximum absolute atomic E-state index is 13.4. The number of hydrogen-bond donors (Lipinski definition) is 1. The molecule has 1 saturated carbocycles. The topological polar surface area (TPSA) is 82.3 Å². The minimum Gasteiger partial charge on any atom is -0.497 e. The number of methoxy groups -OCH3 is 1. The molecule has 0 spiro atoms. The second-order valence-electron chi connectivity index (χ2n) is 7.72. The zero-order chi connectivity index (χ0) is 21.4. The van der Waals surface area contributed by atoms with Crippen LogP contribution < -0.4 is 21.3 Å². The zero-order valence-corrected chi connectivity index (χ0v) is 18.2. The first-order valence-corrected chi connectivity index (χ1v) is 10.9. The highest BCUT2D eigenvalue weighted by Crippen LogP contribution is 2.27. The number of hydrogen-bond acceptors (Lipinski definition) is 5. The molecule has 1 aliphatic carbocycles. The Balaban J connectivity index is 1.88. The van der Waals surface area contributed by atoms with E-state index in [1.165, 1.54) is 23.0 Å². The third-order valence-electron chi connectivity index (χ3n) is 5.78. The molecule has 0 bridgehead atoms. The average molecular weight is 428 g/mol. The van der Waals surface area contributed by atoms with Crippen molar-refractivity contribution in [1.82, 2.24) is 14.5 Å². The van der Waals surface area contributed by atoms with E-state index in [2.05, 4.69) is 5.32 Å². The molecule has 0 saturated heterocycles. The first-order chi connectivity index (χ1) is 14.4. The first kappa shape index (κ1) is 20.4. The van der Waals surface area contributed by atoms with Crippen molar-refractivity contribution in [3.8, 4) is 11.4 Å². The van der Waals surface area contributed by atoms with E-state index in [1.807, 2.05) is 13.8 Å². The van der Waals surface area contributed by atoms with Gasteiger partial charge in [-0.25, -0.2) is 9.36 Å².